The van der Waals surface area contributed by atoms with Crippen LogP contribution in [0.4, 0.5) is 5.69 Å². The van der Waals surface area contributed by atoms with Crippen molar-refractivity contribution in [2.24, 2.45) is 0 Å². The molecule has 0 aliphatic carbocycles. The Labute approximate surface area is 164 Å². The van der Waals surface area contributed by atoms with Gasteiger partial charge in [-0.25, -0.2) is 8.42 Å². The molecule has 0 bridgehead atoms. The van der Waals surface area contributed by atoms with Crippen LogP contribution in [0.25, 0.3) is 10.8 Å². The quantitative estimate of drug-likeness (QED) is 0.681. The molecular weight excluding hydrogens is 374 g/mol. The predicted molar refractivity (Wildman–Crippen MR) is 109 cm³/mol. The number of likely N-dealkylation sites (N-methyl/N-ethyl adjacent to an activating group) is 1. The Morgan fingerprint density at radius 2 is 1.93 bits per heavy atom. The highest BCUT2D eigenvalue weighted by Gasteiger charge is 2.40. The van der Waals surface area contributed by atoms with Gasteiger partial charge in [-0.15, -0.1) is 0 Å². The van der Waals surface area contributed by atoms with Crippen LogP contribution in [0.3, 0.4) is 0 Å². The molecule has 2 aromatic carbocycles. The number of rotatable bonds is 4. The molecule has 0 N–H and O–H groups in total. The van der Waals surface area contributed by atoms with Crippen molar-refractivity contribution in [1.29, 1.82) is 0 Å². The molecule has 1 aliphatic rings. The summed E-state index contributed by atoms with van der Waals surface area (Å²) in [5, 5.41) is 1.35. The van der Waals surface area contributed by atoms with Crippen LogP contribution in [0.2, 0.25) is 0 Å². The average Bonchev–Trinajstić information content (AvgIpc) is 3.08. The van der Waals surface area contributed by atoms with Crippen LogP contribution < -0.4 is 4.90 Å². The minimum atomic E-state index is -3.84. The number of sulfonamides is 1. The Bertz CT molecular complexity index is 1160. The zero-order valence-electron chi connectivity index (χ0n) is 15.7. The van der Waals surface area contributed by atoms with Crippen molar-refractivity contribution in [3.8, 4) is 0 Å². The van der Waals surface area contributed by atoms with Crippen LogP contribution in [0, 0.1) is 6.92 Å². The number of hydrogen-bond acceptors (Lipinski definition) is 4. The summed E-state index contributed by atoms with van der Waals surface area (Å²) in [6.45, 7) is 2.46. The summed E-state index contributed by atoms with van der Waals surface area (Å²) in [4.78, 5) is 18.9. The molecule has 3 aromatic rings. The van der Waals surface area contributed by atoms with Crippen LogP contribution in [0.15, 0.2) is 65.8 Å². The van der Waals surface area contributed by atoms with Crippen molar-refractivity contribution in [3.63, 3.8) is 0 Å². The molecule has 0 spiro atoms. The van der Waals surface area contributed by atoms with E-state index in [1.54, 1.807) is 35.5 Å². The lowest BCUT2D eigenvalue weighted by Crippen LogP contribution is -2.43. The lowest BCUT2D eigenvalue weighted by atomic mass is 10.2. The fourth-order valence-electron chi connectivity index (χ4n) is 3.69. The van der Waals surface area contributed by atoms with Crippen LogP contribution in [0.1, 0.15) is 12.0 Å². The third kappa shape index (κ3) is 3.06. The standard InChI is InChI=1S/C21H21N3O3S/c1-15-5-3-7-17(13-15)24-12-10-19(21(24)25)23(2)28(26,27)20-8-4-6-16-14-22-11-9-18(16)20/h3-9,11,13-14,19H,10,12H2,1-2H3. The molecule has 7 heteroatoms. The molecule has 1 amide bonds. The first-order valence-corrected chi connectivity index (χ1v) is 10.5. The summed E-state index contributed by atoms with van der Waals surface area (Å²) >= 11 is 0. The molecular formula is C21H21N3O3S. The smallest absolute Gasteiger partial charge is 0.245 e. The van der Waals surface area contributed by atoms with Crippen molar-refractivity contribution in [1.82, 2.24) is 9.29 Å². The SMILES string of the molecule is Cc1cccc(N2CCC(N(C)S(=O)(=O)c3cccc4cnccc34)C2=O)c1. The molecule has 4 rings (SSSR count). The van der Waals surface area contributed by atoms with Crippen LogP contribution in [-0.2, 0) is 14.8 Å². The zero-order chi connectivity index (χ0) is 19.9. The molecule has 28 heavy (non-hydrogen) atoms. The molecule has 1 fully saturated rings. The number of amides is 1. The molecule has 1 aromatic heterocycles. The van der Waals surface area contributed by atoms with Crippen molar-refractivity contribution < 1.29 is 13.2 Å². The van der Waals surface area contributed by atoms with Crippen molar-refractivity contribution in [3.05, 3.63) is 66.5 Å². The number of nitrogens with zero attached hydrogens (tertiary/aromatic N) is 3. The number of hydrogen-bond donors (Lipinski definition) is 0. The maximum Gasteiger partial charge on any atom is 0.245 e. The van der Waals surface area contributed by atoms with E-state index >= 15 is 0 Å². The van der Waals surface area contributed by atoms with Gasteiger partial charge in [0.15, 0.2) is 0 Å². The molecule has 1 atom stereocenters. The van der Waals surface area contributed by atoms with E-state index in [2.05, 4.69) is 4.98 Å². The van der Waals surface area contributed by atoms with Gasteiger partial charge in [0.2, 0.25) is 15.9 Å². The molecule has 0 saturated carbocycles. The van der Waals surface area contributed by atoms with E-state index in [4.69, 9.17) is 0 Å². The Hall–Kier alpha value is -2.77. The highest BCUT2D eigenvalue weighted by atomic mass is 32.2. The largest absolute Gasteiger partial charge is 0.311 e. The Morgan fingerprint density at radius 3 is 2.71 bits per heavy atom. The highest BCUT2D eigenvalue weighted by molar-refractivity contribution is 7.89. The summed E-state index contributed by atoms with van der Waals surface area (Å²) in [5.74, 6) is -0.196. The molecule has 1 saturated heterocycles. The van der Waals surface area contributed by atoms with Gasteiger partial charge >= 0.3 is 0 Å². The molecule has 6 nitrogen and oxygen atoms in total. The second kappa shape index (κ2) is 7.00. The van der Waals surface area contributed by atoms with Gasteiger partial charge in [0, 0.05) is 42.4 Å². The van der Waals surface area contributed by atoms with Gasteiger partial charge < -0.3 is 4.90 Å². The molecule has 2 heterocycles. The van der Waals surface area contributed by atoms with E-state index in [1.807, 2.05) is 37.3 Å². The number of aryl methyl sites for hydroxylation is 1. The monoisotopic (exact) mass is 395 g/mol. The van der Waals surface area contributed by atoms with E-state index in [-0.39, 0.29) is 10.8 Å². The number of carbonyl (C=O) groups excluding carboxylic acids is 1. The summed E-state index contributed by atoms with van der Waals surface area (Å²) in [6, 6.07) is 13.7. The van der Waals surface area contributed by atoms with Crippen molar-refractivity contribution in [2.75, 3.05) is 18.5 Å². The molecule has 144 valence electrons. The third-order valence-electron chi connectivity index (χ3n) is 5.23. The van der Waals surface area contributed by atoms with E-state index in [9.17, 15) is 13.2 Å². The maximum atomic E-state index is 13.3. The molecule has 1 unspecified atom stereocenters. The van der Waals surface area contributed by atoms with E-state index in [0.29, 0.717) is 18.4 Å². The molecule has 1 aliphatic heterocycles. The Kier molecular flexibility index (Phi) is 4.64. The van der Waals surface area contributed by atoms with Gasteiger partial charge in [-0.1, -0.05) is 24.3 Å². The first kappa shape index (κ1) is 18.6. The Balaban J connectivity index is 1.67. The van der Waals surface area contributed by atoms with Crippen LogP contribution in [0.5, 0.6) is 0 Å². The Morgan fingerprint density at radius 1 is 1.14 bits per heavy atom. The van der Waals surface area contributed by atoms with Gasteiger partial charge in [-0.2, -0.15) is 4.31 Å². The third-order valence-corrected chi connectivity index (χ3v) is 7.15. The second-order valence-corrected chi connectivity index (χ2v) is 8.97. The minimum Gasteiger partial charge on any atom is -0.311 e. The van der Waals surface area contributed by atoms with Gasteiger partial charge in [0.05, 0.1) is 4.90 Å². The van der Waals surface area contributed by atoms with Crippen LogP contribution in [-0.4, -0.2) is 43.2 Å². The fourth-order valence-corrected chi connectivity index (χ4v) is 5.25. The van der Waals surface area contributed by atoms with Gasteiger partial charge in [0.25, 0.3) is 0 Å². The number of pyridine rings is 1. The first-order chi connectivity index (χ1) is 13.4. The van der Waals surface area contributed by atoms with Crippen LogP contribution >= 0.6 is 0 Å². The summed E-state index contributed by atoms with van der Waals surface area (Å²) < 4.78 is 27.8. The topological polar surface area (TPSA) is 70.6 Å². The molecule has 0 radical (unpaired) electrons. The highest BCUT2D eigenvalue weighted by Crippen LogP contribution is 2.30. The van der Waals surface area contributed by atoms with Gasteiger partial charge in [0.1, 0.15) is 6.04 Å². The average molecular weight is 395 g/mol. The number of aromatic nitrogens is 1. The normalized spacial score (nSPS) is 17.6. The lowest BCUT2D eigenvalue weighted by molar-refractivity contribution is -0.120. The van der Waals surface area contributed by atoms with Crippen molar-refractivity contribution in [2.45, 2.75) is 24.3 Å². The second-order valence-electron chi connectivity index (χ2n) is 7.01. The van der Waals surface area contributed by atoms with E-state index in [1.165, 1.54) is 11.4 Å². The summed E-state index contributed by atoms with van der Waals surface area (Å²) in [5.41, 5.74) is 1.86. The minimum absolute atomic E-state index is 0.191. The van der Waals surface area contributed by atoms with E-state index < -0.39 is 16.1 Å². The lowest BCUT2D eigenvalue weighted by Gasteiger charge is -2.24. The number of carbonyl (C=O) groups is 1. The number of fused-ring (bicyclic) bond motifs is 1. The number of benzene rings is 2. The van der Waals surface area contributed by atoms with E-state index in [0.717, 1.165) is 16.6 Å². The summed E-state index contributed by atoms with van der Waals surface area (Å²) in [7, 11) is -2.35. The van der Waals surface area contributed by atoms with Gasteiger partial charge in [-0.05, 0) is 43.2 Å². The van der Waals surface area contributed by atoms with Crippen molar-refractivity contribution >= 4 is 32.4 Å². The van der Waals surface area contributed by atoms with Gasteiger partial charge in [-0.3, -0.25) is 9.78 Å². The summed E-state index contributed by atoms with van der Waals surface area (Å²) in [6.07, 6.45) is 3.66. The predicted octanol–water partition coefficient (Wildman–Crippen LogP) is 2.97. The fraction of sp³-hybridized carbons (Fsp3) is 0.238. The maximum absolute atomic E-state index is 13.3. The number of anilines is 1. The first-order valence-electron chi connectivity index (χ1n) is 9.08. The zero-order valence-corrected chi connectivity index (χ0v) is 16.6.